The smallest absolute Gasteiger partial charge is 0.411 e. The van der Waals surface area contributed by atoms with Crippen LogP contribution in [-0.4, -0.2) is 80.7 Å². The topological polar surface area (TPSA) is 120 Å². The number of nitriles is 1. The van der Waals surface area contributed by atoms with Crippen molar-refractivity contribution >= 4 is 27.8 Å². The number of ether oxygens (including phenoxy) is 1. The third-order valence-electron chi connectivity index (χ3n) is 6.70. The van der Waals surface area contributed by atoms with Crippen LogP contribution in [0.4, 0.5) is 10.5 Å². The fourth-order valence-electron chi connectivity index (χ4n) is 4.79. The van der Waals surface area contributed by atoms with Crippen LogP contribution in [-0.2, 0) is 23.8 Å². The molecule has 0 aromatic heterocycles. The molecule has 2 saturated heterocycles. The van der Waals surface area contributed by atoms with Crippen molar-refractivity contribution in [1.82, 2.24) is 9.80 Å². The van der Waals surface area contributed by atoms with Gasteiger partial charge in [0.25, 0.3) is 10.1 Å². The number of aryl methyl sites for hydroxylation is 1. The molecule has 0 saturated carbocycles. The van der Waals surface area contributed by atoms with Crippen molar-refractivity contribution in [2.45, 2.75) is 56.8 Å². The summed E-state index contributed by atoms with van der Waals surface area (Å²) in [6.45, 7) is 8.77. The summed E-state index contributed by atoms with van der Waals surface area (Å²) in [6, 6.07) is 14.9. The number of rotatable bonds is 5. The predicted octanol–water partition coefficient (Wildman–Crippen LogP) is 3.30. The monoisotopic (exact) mass is 554 g/mol. The standard InChI is InChI=1S/C28H34N4O6S/c1-20-9-11-23(12-10-20)39(35,36)38-22-17-25(32(19-22)27(34)37-28(2,3)4)26(33)31-15-13-30(14-16-31)24-8-6-5-7-21(24)18-29/h5-12,22,25H,13-17,19H2,1-4H3. The van der Waals surface area contributed by atoms with Crippen LogP contribution < -0.4 is 4.90 Å². The van der Waals surface area contributed by atoms with Crippen molar-refractivity contribution < 1.29 is 26.9 Å². The number of nitrogens with zero attached hydrogens (tertiary/aromatic N) is 4. The molecule has 0 N–H and O–H groups in total. The summed E-state index contributed by atoms with van der Waals surface area (Å²) < 4.78 is 36.9. The van der Waals surface area contributed by atoms with Gasteiger partial charge in [0.15, 0.2) is 0 Å². The van der Waals surface area contributed by atoms with Crippen LogP contribution >= 0.6 is 0 Å². The highest BCUT2D eigenvalue weighted by molar-refractivity contribution is 7.86. The van der Waals surface area contributed by atoms with Crippen LogP contribution in [0.1, 0.15) is 38.3 Å². The molecule has 39 heavy (non-hydrogen) atoms. The van der Waals surface area contributed by atoms with Crippen LogP contribution in [0.15, 0.2) is 53.4 Å². The van der Waals surface area contributed by atoms with Crippen LogP contribution in [0.25, 0.3) is 0 Å². The first-order valence-corrected chi connectivity index (χ1v) is 14.3. The average molecular weight is 555 g/mol. The largest absolute Gasteiger partial charge is 0.444 e. The van der Waals surface area contributed by atoms with Gasteiger partial charge in [0.1, 0.15) is 17.7 Å². The molecule has 2 aliphatic heterocycles. The highest BCUT2D eigenvalue weighted by atomic mass is 32.2. The molecule has 2 unspecified atom stereocenters. The van der Waals surface area contributed by atoms with E-state index in [2.05, 4.69) is 11.0 Å². The number of likely N-dealkylation sites (tertiary alicyclic amines) is 1. The van der Waals surface area contributed by atoms with Gasteiger partial charge in [0.2, 0.25) is 5.91 Å². The minimum Gasteiger partial charge on any atom is -0.444 e. The fraction of sp³-hybridized carbons (Fsp3) is 0.464. The van der Waals surface area contributed by atoms with Crippen molar-refractivity contribution in [3.8, 4) is 6.07 Å². The second kappa shape index (κ2) is 11.2. The lowest BCUT2D eigenvalue weighted by atomic mass is 10.1. The van der Waals surface area contributed by atoms with Gasteiger partial charge >= 0.3 is 6.09 Å². The molecule has 0 aliphatic carbocycles. The van der Waals surface area contributed by atoms with E-state index in [9.17, 15) is 23.3 Å². The number of amides is 2. The zero-order valence-corrected chi connectivity index (χ0v) is 23.5. The molecule has 208 valence electrons. The Morgan fingerprint density at radius 3 is 2.26 bits per heavy atom. The molecule has 0 spiro atoms. The number of anilines is 1. The van der Waals surface area contributed by atoms with Gasteiger partial charge in [0.05, 0.1) is 28.8 Å². The lowest BCUT2D eigenvalue weighted by molar-refractivity contribution is -0.136. The Morgan fingerprint density at radius 1 is 1.00 bits per heavy atom. The molecule has 4 rings (SSSR count). The normalized spacial score (nSPS) is 20.0. The summed E-state index contributed by atoms with van der Waals surface area (Å²) in [6.07, 6.45) is -1.57. The van der Waals surface area contributed by atoms with Gasteiger partial charge in [-0.25, -0.2) is 4.79 Å². The number of para-hydroxylation sites is 1. The number of benzene rings is 2. The van der Waals surface area contributed by atoms with Crippen molar-refractivity contribution in [3.63, 3.8) is 0 Å². The molecular weight excluding hydrogens is 520 g/mol. The number of hydrogen-bond donors (Lipinski definition) is 0. The highest BCUT2D eigenvalue weighted by Gasteiger charge is 2.45. The Hall–Kier alpha value is -3.62. The Balaban J connectivity index is 1.49. The molecular formula is C28H34N4O6S. The Bertz CT molecular complexity index is 1360. The second-order valence-electron chi connectivity index (χ2n) is 10.8. The molecule has 0 radical (unpaired) electrons. The van der Waals surface area contributed by atoms with Crippen molar-refractivity contribution in [3.05, 3.63) is 59.7 Å². The van der Waals surface area contributed by atoms with E-state index >= 15 is 0 Å². The van der Waals surface area contributed by atoms with Crippen LogP contribution in [0.3, 0.4) is 0 Å². The first-order valence-electron chi connectivity index (χ1n) is 12.9. The van der Waals surface area contributed by atoms with E-state index in [1.165, 1.54) is 17.0 Å². The summed E-state index contributed by atoms with van der Waals surface area (Å²) >= 11 is 0. The highest BCUT2D eigenvalue weighted by Crippen LogP contribution is 2.29. The third kappa shape index (κ3) is 6.69. The van der Waals surface area contributed by atoms with Gasteiger partial charge in [-0.2, -0.15) is 13.7 Å². The van der Waals surface area contributed by atoms with E-state index in [-0.39, 0.29) is 23.8 Å². The summed E-state index contributed by atoms with van der Waals surface area (Å²) in [5.74, 6) is -0.284. The maximum Gasteiger partial charge on any atom is 0.411 e. The lowest BCUT2D eigenvalue weighted by Gasteiger charge is -2.38. The molecule has 2 atom stereocenters. The Kier molecular flexibility index (Phi) is 8.18. The van der Waals surface area contributed by atoms with Gasteiger partial charge in [-0.3, -0.25) is 13.9 Å². The first kappa shape index (κ1) is 28.4. The van der Waals surface area contributed by atoms with E-state index < -0.39 is 34.0 Å². The van der Waals surface area contributed by atoms with Crippen LogP contribution in [0, 0.1) is 18.3 Å². The van der Waals surface area contributed by atoms with E-state index in [0.717, 1.165) is 11.3 Å². The summed E-state index contributed by atoms with van der Waals surface area (Å²) in [5.41, 5.74) is 1.50. The van der Waals surface area contributed by atoms with Gasteiger partial charge in [-0.15, -0.1) is 0 Å². The van der Waals surface area contributed by atoms with Crippen molar-refractivity contribution in [2.75, 3.05) is 37.6 Å². The summed E-state index contributed by atoms with van der Waals surface area (Å²) in [5, 5.41) is 9.44. The minimum absolute atomic E-state index is 0.0143. The molecule has 0 bridgehead atoms. The number of piperazine rings is 1. The molecule has 10 nitrogen and oxygen atoms in total. The fourth-order valence-corrected chi connectivity index (χ4v) is 5.86. The van der Waals surface area contributed by atoms with Crippen molar-refractivity contribution in [2.24, 2.45) is 0 Å². The van der Waals surface area contributed by atoms with Crippen LogP contribution in [0.2, 0.25) is 0 Å². The van der Waals surface area contributed by atoms with Gasteiger partial charge in [0, 0.05) is 32.6 Å². The number of carbonyl (C=O) groups is 2. The third-order valence-corrected chi connectivity index (χ3v) is 8.08. The lowest BCUT2D eigenvalue weighted by Crippen LogP contribution is -2.55. The van der Waals surface area contributed by atoms with E-state index in [4.69, 9.17) is 8.92 Å². The van der Waals surface area contributed by atoms with Crippen molar-refractivity contribution in [1.29, 1.82) is 5.26 Å². The zero-order chi connectivity index (χ0) is 28.4. The molecule has 2 heterocycles. The van der Waals surface area contributed by atoms with Gasteiger partial charge in [-0.05, 0) is 52.0 Å². The SMILES string of the molecule is Cc1ccc(S(=O)(=O)OC2CC(C(=O)N3CCN(c4ccccc4C#N)CC3)N(C(=O)OC(C)(C)C)C2)cc1. The second-order valence-corrected chi connectivity index (χ2v) is 12.4. The summed E-state index contributed by atoms with van der Waals surface area (Å²) in [4.78, 5) is 31.8. The summed E-state index contributed by atoms with van der Waals surface area (Å²) in [7, 11) is -4.10. The van der Waals surface area contributed by atoms with E-state index in [1.54, 1.807) is 43.9 Å². The van der Waals surface area contributed by atoms with Crippen LogP contribution in [0.5, 0.6) is 0 Å². The maximum absolute atomic E-state index is 13.7. The Morgan fingerprint density at radius 2 is 1.64 bits per heavy atom. The van der Waals surface area contributed by atoms with Gasteiger partial charge < -0.3 is 14.5 Å². The maximum atomic E-state index is 13.7. The molecule has 11 heteroatoms. The molecule has 2 aromatic rings. The number of carbonyl (C=O) groups excluding carboxylic acids is 2. The molecule has 2 amide bonds. The molecule has 2 aromatic carbocycles. The molecule has 2 fully saturated rings. The average Bonchev–Trinajstić information content (AvgIpc) is 3.31. The van der Waals surface area contributed by atoms with E-state index in [1.807, 2.05) is 25.1 Å². The number of hydrogen-bond acceptors (Lipinski definition) is 8. The Labute approximate surface area is 229 Å². The minimum atomic E-state index is -4.10. The zero-order valence-electron chi connectivity index (χ0n) is 22.7. The quantitative estimate of drug-likeness (QED) is 0.517. The first-order chi connectivity index (χ1) is 18.4. The molecule has 2 aliphatic rings. The van der Waals surface area contributed by atoms with E-state index in [0.29, 0.717) is 31.7 Å². The predicted molar refractivity (Wildman–Crippen MR) is 145 cm³/mol. The van der Waals surface area contributed by atoms with Gasteiger partial charge in [-0.1, -0.05) is 29.8 Å².